The average molecular weight is 339 g/mol. The van der Waals surface area contributed by atoms with Gasteiger partial charge in [0.15, 0.2) is 5.82 Å². The highest BCUT2D eigenvalue weighted by Crippen LogP contribution is 2.22. The van der Waals surface area contributed by atoms with Gasteiger partial charge in [-0.3, -0.25) is 0 Å². The SMILES string of the molecule is COC(=O)c1ccccc1Nc1nc(C)cc(Nc2cc(C)on2)n1. The van der Waals surface area contributed by atoms with Crippen LogP contribution in [0.1, 0.15) is 21.8 Å². The summed E-state index contributed by atoms with van der Waals surface area (Å²) in [5, 5.41) is 9.98. The molecule has 25 heavy (non-hydrogen) atoms. The van der Waals surface area contributed by atoms with Crippen molar-refractivity contribution < 1.29 is 14.1 Å². The molecular weight excluding hydrogens is 322 g/mol. The molecule has 0 aliphatic rings. The van der Waals surface area contributed by atoms with Crippen molar-refractivity contribution in [3.05, 3.63) is 53.4 Å². The van der Waals surface area contributed by atoms with Crippen LogP contribution in [0.2, 0.25) is 0 Å². The standard InChI is InChI=1S/C17H17N5O3/c1-10-8-14(20-15-9-11(2)25-22-15)21-17(18-10)19-13-7-5-4-6-12(13)16(23)24-3/h4-9H,1-3H3,(H2,18,19,20,21,22). The lowest BCUT2D eigenvalue weighted by atomic mass is 10.2. The Morgan fingerprint density at radius 3 is 2.60 bits per heavy atom. The van der Waals surface area contributed by atoms with Gasteiger partial charge in [-0.1, -0.05) is 17.3 Å². The number of esters is 1. The topological polar surface area (TPSA) is 102 Å². The minimum Gasteiger partial charge on any atom is -0.465 e. The van der Waals surface area contributed by atoms with Crippen molar-refractivity contribution in [3.63, 3.8) is 0 Å². The number of nitrogens with zero attached hydrogens (tertiary/aromatic N) is 3. The van der Waals surface area contributed by atoms with E-state index >= 15 is 0 Å². The maximum atomic E-state index is 11.9. The first kappa shape index (κ1) is 16.4. The molecule has 0 amide bonds. The maximum absolute atomic E-state index is 11.9. The third kappa shape index (κ3) is 3.92. The van der Waals surface area contributed by atoms with Crippen LogP contribution in [0.25, 0.3) is 0 Å². The lowest BCUT2D eigenvalue weighted by Gasteiger charge is -2.11. The third-order valence-electron chi connectivity index (χ3n) is 3.32. The van der Waals surface area contributed by atoms with Crippen molar-refractivity contribution in [2.75, 3.05) is 17.7 Å². The Morgan fingerprint density at radius 1 is 1.08 bits per heavy atom. The number of nitrogens with one attached hydrogen (secondary N) is 2. The number of ether oxygens (including phenoxy) is 1. The summed E-state index contributed by atoms with van der Waals surface area (Å²) in [5.74, 6) is 1.71. The van der Waals surface area contributed by atoms with E-state index < -0.39 is 5.97 Å². The Hall–Kier alpha value is -3.42. The van der Waals surface area contributed by atoms with Crippen molar-refractivity contribution in [2.45, 2.75) is 13.8 Å². The first-order valence-corrected chi connectivity index (χ1v) is 7.55. The van der Waals surface area contributed by atoms with Crippen LogP contribution in [0.5, 0.6) is 0 Å². The zero-order valence-electron chi connectivity index (χ0n) is 14.0. The van der Waals surface area contributed by atoms with Crippen LogP contribution in [0.15, 0.2) is 40.9 Å². The summed E-state index contributed by atoms with van der Waals surface area (Å²) in [6.07, 6.45) is 0. The van der Waals surface area contributed by atoms with Crippen LogP contribution in [-0.4, -0.2) is 28.2 Å². The summed E-state index contributed by atoms with van der Waals surface area (Å²) >= 11 is 0. The molecule has 0 bridgehead atoms. The monoisotopic (exact) mass is 339 g/mol. The number of methoxy groups -OCH3 is 1. The molecule has 8 heteroatoms. The molecule has 0 radical (unpaired) electrons. The molecule has 3 rings (SSSR count). The summed E-state index contributed by atoms with van der Waals surface area (Å²) in [7, 11) is 1.34. The largest absolute Gasteiger partial charge is 0.465 e. The fourth-order valence-corrected chi connectivity index (χ4v) is 2.25. The first-order valence-electron chi connectivity index (χ1n) is 7.55. The molecule has 0 saturated carbocycles. The van der Waals surface area contributed by atoms with E-state index in [9.17, 15) is 4.79 Å². The van der Waals surface area contributed by atoms with Crippen LogP contribution in [0.4, 0.5) is 23.3 Å². The normalized spacial score (nSPS) is 10.4. The highest BCUT2D eigenvalue weighted by molar-refractivity contribution is 5.96. The number of para-hydroxylation sites is 1. The molecule has 0 atom stereocenters. The second-order valence-electron chi connectivity index (χ2n) is 5.33. The van der Waals surface area contributed by atoms with Gasteiger partial charge in [-0.15, -0.1) is 0 Å². The number of rotatable bonds is 5. The van der Waals surface area contributed by atoms with E-state index in [2.05, 4.69) is 25.8 Å². The van der Waals surface area contributed by atoms with Crippen molar-refractivity contribution in [1.82, 2.24) is 15.1 Å². The van der Waals surface area contributed by atoms with Crippen molar-refractivity contribution in [3.8, 4) is 0 Å². The van der Waals surface area contributed by atoms with Gasteiger partial charge in [0, 0.05) is 17.8 Å². The first-order chi connectivity index (χ1) is 12.0. The zero-order chi connectivity index (χ0) is 17.8. The molecule has 128 valence electrons. The van der Waals surface area contributed by atoms with Crippen molar-refractivity contribution in [1.29, 1.82) is 0 Å². The minimum absolute atomic E-state index is 0.346. The number of aromatic nitrogens is 3. The summed E-state index contributed by atoms with van der Waals surface area (Å²) in [5.41, 5.74) is 1.70. The van der Waals surface area contributed by atoms with E-state index in [0.717, 1.165) is 5.69 Å². The van der Waals surface area contributed by atoms with Gasteiger partial charge < -0.3 is 19.9 Å². The van der Waals surface area contributed by atoms with Gasteiger partial charge in [0.05, 0.1) is 18.4 Å². The minimum atomic E-state index is -0.438. The van der Waals surface area contributed by atoms with Gasteiger partial charge in [-0.2, -0.15) is 4.98 Å². The van der Waals surface area contributed by atoms with Crippen LogP contribution < -0.4 is 10.6 Å². The van der Waals surface area contributed by atoms with Crippen molar-refractivity contribution in [2.24, 2.45) is 0 Å². The molecule has 0 spiro atoms. The summed E-state index contributed by atoms with van der Waals surface area (Å²) in [4.78, 5) is 20.6. The molecule has 1 aromatic carbocycles. The molecule has 0 aliphatic carbocycles. The van der Waals surface area contributed by atoms with Crippen LogP contribution >= 0.6 is 0 Å². The number of anilines is 4. The molecule has 3 aromatic rings. The average Bonchev–Trinajstić information content (AvgIpc) is 2.99. The predicted octanol–water partition coefficient (Wildman–Crippen LogP) is 3.36. The molecule has 0 aliphatic heterocycles. The fourth-order valence-electron chi connectivity index (χ4n) is 2.25. The van der Waals surface area contributed by atoms with Crippen LogP contribution in [0.3, 0.4) is 0 Å². The molecule has 0 saturated heterocycles. The van der Waals surface area contributed by atoms with Crippen LogP contribution in [-0.2, 0) is 4.74 Å². The molecule has 0 unspecified atom stereocenters. The van der Waals surface area contributed by atoms with E-state index in [4.69, 9.17) is 9.26 Å². The van der Waals surface area contributed by atoms with E-state index in [0.29, 0.717) is 34.6 Å². The smallest absolute Gasteiger partial charge is 0.339 e. The second-order valence-corrected chi connectivity index (χ2v) is 5.33. The van der Waals surface area contributed by atoms with Gasteiger partial charge >= 0.3 is 5.97 Å². The summed E-state index contributed by atoms with van der Waals surface area (Å²) in [6.45, 7) is 3.65. The Morgan fingerprint density at radius 2 is 1.88 bits per heavy atom. The molecular formula is C17H17N5O3. The fraction of sp³-hybridized carbons (Fsp3) is 0.176. The molecule has 2 heterocycles. The predicted molar refractivity (Wildman–Crippen MR) is 92.4 cm³/mol. The van der Waals surface area contributed by atoms with E-state index in [1.807, 2.05) is 13.0 Å². The second kappa shape index (κ2) is 7.00. The lowest BCUT2D eigenvalue weighted by molar-refractivity contribution is 0.0602. The highest BCUT2D eigenvalue weighted by Gasteiger charge is 2.13. The highest BCUT2D eigenvalue weighted by atomic mass is 16.5. The van der Waals surface area contributed by atoms with E-state index in [1.54, 1.807) is 37.3 Å². The van der Waals surface area contributed by atoms with Crippen LogP contribution in [0, 0.1) is 13.8 Å². The number of aryl methyl sites for hydroxylation is 2. The maximum Gasteiger partial charge on any atom is 0.339 e. The number of carbonyl (C=O) groups excluding carboxylic acids is 1. The lowest BCUT2D eigenvalue weighted by Crippen LogP contribution is -2.08. The number of carbonyl (C=O) groups is 1. The van der Waals surface area contributed by atoms with Gasteiger partial charge in [-0.05, 0) is 26.0 Å². The molecule has 2 N–H and O–H groups in total. The number of benzene rings is 1. The molecule has 8 nitrogen and oxygen atoms in total. The summed E-state index contributed by atoms with van der Waals surface area (Å²) < 4.78 is 9.82. The Bertz CT molecular complexity index is 907. The van der Waals surface area contributed by atoms with Gasteiger partial charge in [0.2, 0.25) is 5.95 Å². The Balaban J connectivity index is 1.87. The Kier molecular flexibility index (Phi) is 4.60. The van der Waals surface area contributed by atoms with Gasteiger partial charge in [0.1, 0.15) is 11.6 Å². The quantitative estimate of drug-likeness (QED) is 0.682. The van der Waals surface area contributed by atoms with Gasteiger partial charge in [0.25, 0.3) is 0 Å². The number of hydrogen-bond acceptors (Lipinski definition) is 8. The summed E-state index contributed by atoms with van der Waals surface area (Å²) in [6, 6.07) is 10.5. The molecule has 2 aromatic heterocycles. The zero-order valence-corrected chi connectivity index (χ0v) is 14.0. The van der Waals surface area contributed by atoms with Gasteiger partial charge in [-0.25, -0.2) is 9.78 Å². The van der Waals surface area contributed by atoms with E-state index in [-0.39, 0.29) is 0 Å². The Labute approximate surface area is 144 Å². The molecule has 0 fully saturated rings. The number of hydrogen-bond donors (Lipinski definition) is 2. The third-order valence-corrected chi connectivity index (χ3v) is 3.32. The van der Waals surface area contributed by atoms with E-state index in [1.165, 1.54) is 7.11 Å². The van der Waals surface area contributed by atoms with Crippen molar-refractivity contribution >= 4 is 29.2 Å².